The summed E-state index contributed by atoms with van der Waals surface area (Å²) in [4.78, 5) is 19.2. The van der Waals surface area contributed by atoms with E-state index >= 15 is 0 Å². The molecule has 0 amide bonds. The molecular weight excluding hydrogens is 220 g/mol. The van der Waals surface area contributed by atoms with Crippen molar-refractivity contribution < 1.29 is 9.90 Å². The van der Waals surface area contributed by atoms with Crippen molar-refractivity contribution in [1.82, 2.24) is 19.7 Å². The SMILES string of the molecule is Cc1nn(Cc2ncccn2)c(C)c1C(=O)O. The van der Waals surface area contributed by atoms with Crippen LogP contribution in [0.3, 0.4) is 0 Å². The van der Waals surface area contributed by atoms with E-state index in [0.717, 1.165) is 0 Å². The van der Waals surface area contributed by atoms with E-state index in [1.807, 2.05) is 0 Å². The summed E-state index contributed by atoms with van der Waals surface area (Å²) in [6.07, 6.45) is 3.29. The molecule has 0 aliphatic heterocycles. The third kappa shape index (κ3) is 2.15. The quantitative estimate of drug-likeness (QED) is 0.855. The number of hydrogen-bond donors (Lipinski definition) is 1. The smallest absolute Gasteiger partial charge is 0.339 e. The van der Waals surface area contributed by atoms with Crippen molar-refractivity contribution in [3.63, 3.8) is 0 Å². The van der Waals surface area contributed by atoms with Crippen molar-refractivity contribution in [2.24, 2.45) is 0 Å². The van der Waals surface area contributed by atoms with Gasteiger partial charge in [-0.05, 0) is 19.9 Å². The number of nitrogens with zero attached hydrogens (tertiary/aromatic N) is 4. The van der Waals surface area contributed by atoms with Crippen LogP contribution in [0.25, 0.3) is 0 Å². The second kappa shape index (κ2) is 4.32. The minimum Gasteiger partial charge on any atom is -0.478 e. The van der Waals surface area contributed by atoms with Gasteiger partial charge in [0.05, 0.1) is 11.4 Å². The van der Waals surface area contributed by atoms with E-state index < -0.39 is 5.97 Å². The highest BCUT2D eigenvalue weighted by molar-refractivity contribution is 5.90. The molecule has 2 aromatic heterocycles. The first-order chi connectivity index (χ1) is 8.09. The Morgan fingerprint density at radius 1 is 1.35 bits per heavy atom. The molecule has 0 unspecified atom stereocenters. The van der Waals surface area contributed by atoms with Gasteiger partial charge in [0.1, 0.15) is 17.9 Å². The van der Waals surface area contributed by atoms with E-state index in [9.17, 15) is 4.79 Å². The molecule has 2 heterocycles. The number of aromatic carboxylic acids is 1. The zero-order valence-corrected chi connectivity index (χ0v) is 9.58. The maximum atomic E-state index is 11.0. The number of aryl methyl sites for hydroxylation is 1. The van der Waals surface area contributed by atoms with E-state index in [0.29, 0.717) is 23.8 Å². The van der Waals surface area contributed by atoms with Crippen LogP contribution < -0.4 is 0 Å². The predicted octanol–water partition coefficient (Wildman–Crippen LogP) is 1.04. The lowest BCUT2D eigenvalue weighted by molar-refractivity contribution is 0.0695. The summed E-state index contributed by atoms with van der Waals surface area (Å²) in [7, 11) is 0. The maximum absolute atomic E-state index is 11.0. The third-order valence-corrected chi connectivity index (χ3v) is 2.51. The van der Waals surface area contributed by atoms with Crippen molar-refractivity contribution in [2.75, 3.05) is 0 Å². The molecule has 0 aliphatic rings. The fraction of sp³-hybridized carbons (Fsp3) is 0.273. The summed E-state index contributed by atoms with van der Waals surface area (Å²) in [6.45, 7) is 3.78. The molecule has 0 saturated heterocycles. The summed E-state index contributed by atoms with van der Waals surface area (Å²) in [5, 5.41) is 13.2. The van der Waals surface area contributed by atoms with Crippen molar-refractivity contribution in [3.05, 3.63) is 41.2 Å². The molecule has 6 heteroatoms. The molecule has 2 rings (SSSR count). The zero-order valence-electron chi connectivity index (χ0n) is 9.58. The molecule has 0 spiro atoms. The van der Waals surface area contributed by atoms with Gasteiger partial charge in [-0.1, -0.05) is 0 Å². The Labute approximate surface area is 98.0 Å². The Morgan fingerprint density at radius 2 is 2.00 bits per heavy atom. The molecule has 88 valence electrons. The Hall–Kier alpha value is -2.24. The van der Waals surface area contributed by atoms with Gasteiger partial charge in [-0.2, -0.15) is 5.10 Å². The summed E-state index contributed by atoms with van der Waals surface area (Å²) in [6, 6.07) is 1.73. The lowest BCUT2D eigenvalue weighted by Gasteiger charge is -2.02. The number of aromatic nitrogens is 4. The van der Waals surface area contributed by atoms with Crippen LogP contribution in [0, 0.1) is 13.8 Å². The first-order valence-corrected chi connectivity index (χ1v) is 5.13. The summed E-state index contributed by atoms with van der Waals surface area (Å²) in [5.74, 6) is -0.352. The van der Waals surface area contributed by atoms with Gasteiger partial charge < -0.3 is 5.11 Å². The Bertz CT molecular complexity index is 548. The van der Waals surface area contributed by atoms with Crippen molar-refractivity contribution in [1.29, 1.82) is 0 Å². The van der Waals surface area contributed by atoms with Gasteiger partial charge >= 0.3 is 5.97 Å². The number of carboxylic acid groups (broad SMARTS) is 1. The highest BCUT2D eigenvalue weighted by atomic mass is 16.4. The molecule has 0 atom stereocenters. The van der Waals surface area contributed by atoms with E-state index in [1.54, 1.807) is 37.0 Å². The Kier molecular flexibility index (Phi) is 2.86. The molecule has 0 bridgehead atoms. The lowest BCUT2D eigenvalue weighted by atomic mass is 10.2. The number of hydrogen-bond acceptors (Lipinski definition) is 4. The fourth-order valence-electron chi connectivity index (χ4n) is 1.71. The summed E-state index contributed by atoms with van der Waals surface area (Å²) < 4.78 is 1.61. The Balaban J connectivity index is 2.35. The molecule has 2 aromatic rings. The van der Waals surface area contributed by atoms with Crippen LogP contribution in [0.5, 0.6) is 0 Å². The minimum atomic E-state index is -0.958. The average molecular weight is 232 g/mol. The highest BCUT2D eigenvalue weighted by Gasteiger charge is 2.17. The van der Waals surface area contributed by atoms with Gasteiger partial charge in [0.15, 0.2) is 0 Å². The van der Waals surface area contributed by atoms with Gasteiger partial charge in [-0.3, -0.25) is 4.68 Å². The molecular formula is C11H12N4O2. The zero-order chi connectivity index (χ0) is 12.4. The van der Waals surface area contributed by atoms with Crippen LogP contribution in [0.15, 0.2) is 18.5 Å². The molecule has 0 aliphatic carbocycles. The maximum Gasteiger partial charge on any atom is 0.339 e. The molecule has 0 fully saturated rings. The van der Waals surface area contributed by atoms with Crippen molar-refractivity contribution >= 4 is 5.97 Å². The van der Waals surface area contributed by atoms with Crippen molar-refractivity contribution in [3.8, 4) is 0 Å². The molecule has 6 nitrogen and oxygen atoms in total. The average Bonchev–Trinajstić information content (AvgIpc) is 2.55. The second-order valence-electron chi connectivity index (χ2n) is 3.67. The monoisotopic (exact) mass is 232 g/mol. The van der Waals surface area contributed by atoms with Gasteiger partial charge in [-0.25, -0.2) is 14.8 Å². The number of rotatable bonds is 3. The third-order valence-electron chi connectivity index (χ3n) is 2.51. The molecule has 17 heavy (non-hydrogen) atoms. The van der Waals surface area contributed by atoms with Crippen LogP contribution in [-0.2, 0) is 6.54 Å². The molecule has 0 aromatic carbocycles. The Morgan fingerprint density at radius 3 is 2.53 bits per heavy atom. The second-order valence-corrected chi connectivity index (χ2v) is 3.67. The fourth-order valence-corrected chi connectivity index (χ4v) is 1.71. The van der Waals surface area contributed by atoms with Crippen LogP contribution in [-0.4, -0.2) is 30.8 Å². The van der Waals surface area contributed by atoms with Gasteiger partial charge in [0, 0.05) is 12.4 Å². The van der Waals surface area contributed by atoms with Gasteiger partial charge in [0.25, 0.3) is 0 Å². The van der Waals surface area contributed by atoms with Gasteiger partial charge in [0.2, 0.25) is 0 Å². The van der Waals surface area contributed by atoms with Crippen LogP contribution in [0.1, 0.15) is 27.6 Å². The van der Waals surface area contributed by atoms with E-state index in [4.69, 9.17) is 5.11 Å². The van der Waals surface area contributed by atoms with Crippen molar-refractivity contribution in [2.45, 2.75) is 20.4 Å². The largest absolute Gasteiger partial charge is 0.478 e. The van der Waals surface area contributed by atoms with E-state index in [-0.39, 0.29) is 5.56 Å². The minimum absolute atomic E-state index is 0.251. The van der Waals surface area contributed by atoms with Crippen LogP contribution in [0.2, 0.25) is 0 Å². The highest BCUT2D eigenvalue weighted by Crippen LogP contribution is 2.13. The topological polar surface area (TPSA) is 80.9 Å². The van der Waals surface area contributed by atoms with Crippen LogP contribution in [0.4, 0.5) is 0 Å². The standard InChI is InChI=1S/C11H12N4O2/c1-7-10(11(16)17)8(2)15(14-7)6-9-12-4-3-5-13-9/h3-5H,6H2,1-2H3,(H,16,17). The van der Waals surface area contributed by atoms with E-state index in [1.165, 1.54) is 0 Å². The molecule has 0 radical (unpaired) electrons. The summed E-state index contributed by atoms with van der Waals surface area (Å²) in [5.41, 5.74) is 1.37. The van der Waals surface area contributed by atoms with E-state index in [2.05, 4.69) is 15.1 Å². The number of carboxylic acids is 1. The first kappa shape index (κ1) is 11.3. The normalized spacial score (nSPS) is 10.5. The molecule has 0 saturated carbocycles. The lowest BCUT2D eigenvalue weighted by Crippen LogP contribution is -2.08. The number of carbonyl (C=O) groups is 1. The van der Waals surface area contributed by atoms with Gasteiger partial charge in [-0.15, -0.1) is 0 Å². The van der Waals surface area contributed by atoms with Crippen LogP contribution >= 0.6 is 0 Å². The molecule has 1 N–H and O–H groups in total. The summed E-state index contributed by atoms with van der Waals surface area (Å²) >= 11 is 0. The predicted molar refractivity (Wildman–Crippen MR) is 59.8 cm³/mol. The first-order valence-electron chi connectivity index (χ1n) is 5.13.